The van der Waals surface area contributed by atoms with E-state index in [2.05, 4.69) is 22.2 Å². The zero-order chi connectivity index (χ0) is 19.4. The highest BCUT2D eigenvalue weighted by Crippen LogP contribution is 2.39. The van der Waals surface area contributed by atoms with Crippen LogP contribution < -0.4 is 10.1 Å². The van der Waals surface area contributed by atoms with Crippen LogP contribution in [0.1, 0.15) is 30.9 Å². The summed E-state index contributed by atoms with van der Waals surface area (Å²) in [5, 5.41) is 12.7. The molecule has 0 spiro atoms. The molecule has 2 N–H and O–H groups in total. The van der Waals surface area contributed by atoms with Crippen LogP contribution in [0, 0.1) is 11.7 Å². The maximum atomic E-state index is 14.1. The Morgan fingerprint density at radius 3 is 2.63 bits per heavy atom. The average molecular weight is 379 g/mol. The molecular formula is C20H30FN3O3. The molecule has 150 valence electrons. The number of aliphatic hydroxyl groups excluding tert-OH is 1. The van der Waals surface area contributed by atoms with E-state index in [-0.39, 0.29) is 29.7 Å². The minimum absolute atomic E-state index is 0.0310. The summed E-state index contributed by atoms with van der Waals surface area (Å²) in [6, 6.07) is 4.52. The summed E-state index contributed by atoms with van der Waals surface area (Å²) in [6.45, 7) is 4.73. The summed E-state index contributed by atoms with van der Waals surface area (Å²) in [6.07, 6.45) is 1.34. The molecule has 2 fully saturated rings. The van der Waals surface area contributed by atoms with Crippen molar-refractivity contribution in [2.75, 3.05) is 46.9 Å². The highest BCUT2D eigenvalue weighted by Gasteiger charge is 2.36. The van der Waals surface area contributed by atoms with Crippen molar-refractivity contribution in [3.8, 4) is 5.75 Å². The molecule has 1 aliphatic heterocycles. The third kappa shape index (κ3) is 5.18. The summed E-state index contributed by atoms with van der Waals surface area (Å²) in [5.41, 5.74) is 0.721. The summed E-state index contributed by atoms with van der Waals surface area (Å²) >= 11 is 0. The molecule has 0 unspecified atom stereocenters. The number of likely N-dealkylation sites (N-methyl/N-ethyl adjacent to an activating group) is 1. The van der Waals surface area contributed by atoms with E-state index in [0.29, 0.717) is 19.3 Å². The Labute approximate surface area is 160 Å². The van der Waals surface area contributed by atoms with Crippen LogP contribution in [0.5, 0.6) is 5.75 Å². The topological polar surface area (TPSA) is 65.0 Å². The summed E-state index contributed by atoms with van der Waals surface area (Å²) < 4.78 is 19.1. The molecule has 1 aromatic rings. The van der Waals surface area contributed by atoms with Crippen molar-refractivity contribution in [3.05, 3.63) is 29.6 Å². The van der Waals surface area contributed by atoms with Crippen molar-refractivity contribution >= 4 is 5.91 Å². The van der Waals surface area contributed by atoms with E-state index < -0.39 is 5.82 Å². The van der Waals surface area contributed by atoms with Crippen molar-refractivity contribution in [1.82, 2.24) is 15.1 Å². The Kier molecular flexibility index (Phi) is 6.68. The van der Waals surface area contributed by atoms with Crippen molar-refractivity contribution < 1.29 is 19.0 Å². The molecule has 0 radical (unpaired) electrons. The molecule has 0 bridgehead atoms. The molecule has 6 nitrogen and oxygen atoms in total. The van der Waals surface area contributed by atoms with Gasteiger partial charge in [0, 0.05) is 39.1 Å². The molecular weight excluding hydrogens is 349 g/mol. The van der Waals surface area contributed by atoms with Crippen LogP contribution in [0.25, 0.3) is 0 Å². The van der Waals surface area contributed by atoms with E-state index in [9.17, 15) is 14.3 Å². The van der Waals surface area contributed by atoms with Crippen LogP contribution in [0.15, 0.2) is 18.2 Å². The summed E-state index contributed by atoms with van der Waals surface area (Å²) in [5.74, 6) is -0.156. The molecule has 1 saturated carbocycles. The van der Waals surface area contributed by atoms with Crippen LogP contribution in [0.2, 0.25) is 0 Å². The van der Waals surface area contributed by atoms with Gasteiger partial charge in [0.15, 0.2) is 11.6 Å². The zero-order valence-electron chi connectivity index (χ0n) is 16.2. The SMILES string of the molecule is COc1ccc([C@H](NC(=O)CCN2CCN(C)CC2)C2CC(O)C2)cc1F. The molecule has 1 aromatic carbocycles. The number of rotatable bonds is 7. The minimum atomic E-state index is -0.438. The molecule has 1 saturated heterocycles. The van der Waals surface area contributed by atoms with Crippen molar-refractivity contribution in [3.63, 3.8) is 0 Å². The second-order valence-corrected chi connectivity index (χ2v) is 7.72. The number of piperazine rings is 1. The molecule has 1 aliphatic carbocycles. The van der Waals surface area contributed by atoms with E-state index in [4.69, 9.17) is 4.74 Å². The van der Waals surface area contributed by atoms with Crippen molar-refractivity contribution in [2.45, 2.75) is 31.4 Å². The second kappa shape index (κ2) is 8.99. The number of nitrogens with zero attached hydrogens (tertiary/aromatic N) is 2. The van der Waals surface area contributed by atoms with E-state index in [0.717, 1.165) is 38.3 Å². The maximum absolute atomic E-state index is 14.1. The molecule has 1 atom stereocenters. The van der Waals surface area contributed by atoms with Gasteiger partial charge in [-0.3, -0.25) is 4.79 Å². The van der Waals surface area contributed by atoms with Crippen LogP contribution >= 0.6 is 0 Å². The van der Waals surface area contributed by atoms with E-state index in [1.807, 2.05) is 0 Å². The number of methoxy groups -OCH3 is 1. The number of ether oxygens (including phenoxy) is 1. The monoisotopic (exact) mass is 379 g/mol. The Bertz CT molecular complexity index is 643. The number of amides is 1. The van der Waals surface area contributed by atoms with Gasteiger partial charge in [-0.25, -0.2) is 4.39 Å². The lowest BCUT2D eigenvalue weighted by molar-refractivity contribution is -0.123. The quantitative estimate of drug-likeness (QED) is 0.750. The predicted molar refractivity (Wildman–Crippen MR) is 101 cm³/mol. The Morgan fingerprint density at radius 2 is 2.04 bits per heavy atom. The van der Waals surface area contributed by atoms with Gasteiger partial charge in [-0.2, -0.15) is 0 Å². The number of hydrogen-bond acceptors (Lipinski definition) is 5. The predicted octanol–water partition coefficient (Wildman–Crippen LogP) is 1.40. The molecule has 1 heterocycles. The molecule has 7 heteroatoms. The lowest BCUT2D eigenvalue weighted by Crippen LogP contribution is -2.46. The Balaban J connectivity index is 1.60. The van der Waals surface area contributed by atoms with Gasteiger partial charge in [0.1, 0.15) is 0 Å². The summed E-state index contributed by atoms with van der Waals surface area (Å²) in [7, 11) is 3.54. The van der Waals surface area contributed by atoms with E-state index >= 15 is 0 Å². The second-order valence-electron chi connectivity index (χ2n) is 7.72. The van der Waals surface area contributed by atoms with Crippen molar-refractivity contribution in [1.29, 1.82) is 0 Å². The third-order valence-corrected chi connectivity index (χ3v) is 5.72. The van der Waals surface area contributed by atoms with Crippen LogP contribution in [-0.4, -0.2) is 73.8 Å². The standard InChI is InChI=1S/C20H30FN3O3/c1-23-7-9-24(10-8-23)6-5-19(26)22-20(15-11-16(25)12-15)14-3-4-18(27-2)17(21)13-14/h3-4,13,15-16,20,25H,5-12H2,1-2H3,(H,22,26)/t15?,16?,20-/m0/s1. The van der Waals surface area contributed by atoms with Gasteiger partial charge >= 0.3 is 0 Å². The number of halogens is 1. The minimum Gasteiger partial charge on any atom is -0.494 e. The number of carbonyl (C=O) groups excluding carboxylic acids is 1. The largest absolute Gasteiger partial charge is 0.494 e. The molecule has 27 heavy (non-hydrogen) atoms. The van der Waals surface area contributed by atoms with Gasteiger partial charge in [-0.1, -0.05) is 6.07 Å². The van der Waals surface area contributed by atoms with E-state index in [1.165, 1.54) is 13.2 Å². The summed E-state index contributed by atoms with van der Waals surface area (Å²) in [4.78, 5) is 17.1. The maximum Gasteiger partial charge on any atom is 0.221 e. The van der Waals surface area contributed by atoms with E-state index in [1.54, 1.807) is 12.1 Å². The Morgan fingerprint density at radius 1 is 1.33 bits per heavy atom. The first-order valence-electron chi connectivity index (χ1n) is 9.68. The zero-order valence-corrected chi connectivity index (χ0v) is 16.2. The fourth-order valence-corrected chi connectivity index (χ4v) is 3.83. The first-order valence-corrected chi connectivity index (χ1v) is 9.68. The lowest BCUT2D eigenvalue weighted by Gasteiger charge is -2.38. The van der Waals surface area contributed by atoms with Crippen LogP contribution in [0.4, 0.5) is 4.39 Å². The Hall–Kier alpha value is -1.70. The van der Waals surface area contributed by atoms with Gasteiger partial charge in [0.05, 0.1) is 19.3 Å². The number of nitrogens with one attached hydrogen (secondary N) is 1. The molecule has 1 amide bonds. The highest BCUT2D eigenvalue weighted by molar-refractivity contribution is 5.76. The van der Waals surface area contributed by atoms with Crippen LogP contribution in [-0.2, 0) is 4.79 Å². The number of carbonyl (C=O) groups is 1. The van der Waals surface area contributed by atoms with Gasteiger partial charge in [0.2, 0.25) is 5.91 Å². The number of aliphatic hydroxyl groups is 1. The normalized spacial score (nSPS) is 24.9. The average Bonchev–Trinajstić information content (AvgIpc) is 2.63. The van der Waals surface area contributed by atoms with Gasteiger partial charge in [-0.15, -0.1) is 0 Å². The molecule has 3 rings (SSSR count). The number of hydrogen-bond donors (Lipinski definition) is 2. The highest BCUT2D eigenvalue weighted by atomic mass is 19.1. The van der Waals surface area contributed by atoms with Crippen LogP contribution in [0.3, 0.4) is 0 Å². The molecule has 2 aliphatic rings. The lowest BCUT2D eigenvalue weighted by atomic mass is 9.75. The first kappa shape index (κ1) is 20.0. The third-order valence-electron chi connectivity index (χ3n) is 5.72. The van der Waals surface area contributed by atoms with Gasteiger partial charge < -0.3 is 25.0 Å². The number of benzene rings is 1. The fourth-order valence-electron chi connectivity index (χ4n) is 3.83. The fraction of sp³-hybridized carbons (Fsp3) is 0.650. The van der Waals surface area contributed by atoms with Gasteiger partial charge in [0.25, 0.3) is 0 Å². The molecule has 0 aromatic heterocycles. The smallest absolute Gasteiger partial charge is 0.221 e. The first-order chi connectivity index (χ1) is 13.0. The van der Waals surface area contributed by atoms with Gasteiger partial charge in [-0.05, 0) is 43.5 Å². The van der Waals surface area contributed by atoms with Crippen molar-refractivity contribution in [2.24, 2.45) is 5.92 Å².